The van der Waals surface area contributed by atoms with Gasteiger partial charge in [-0.25, -0.2) is 4.98 Å². The summed E-state index contributed by atoms with van der Waals surface area (Å²) in [6.07, 6.45) is 12.2. The third-order valence-corrected chi connectivity index (χ3v) is 6.40. The third-order valence-electron chi connectivity index (χ3n) is 5.32. The Morgan fingerprint density at radius 2 is 2.03 bits per heavy atom. The summed E-state index contributed by atoms with van der Waals surface area (Å²) in [5.41, 5.74) is 3.64. The standard InChI is InChI=1S/C23H30N4OS/c1-19-15-25-26(17-19)12-6-3-7-14-29-23-24-16-22(20-9-4-2-5-10-20)27(23)18-21-11-8-13-28-21/h2,4-5,9-10,15-17,21H,3,6-8,11-14,18H2,1H3. The molecule has 4 rings (SSSR count). The molecule has 5 nitrogen and oxygen atoms in total. The van der Waals surface area contributed by atoms with E-state index in [1.807, 2.05) is 28.8 Å². The minimum Gasteiger partial charge on any atom is -0.376 e. The lowest BCUT2D eigenvalue weighted by Gasteiger charge is -2.16. The molecule has 1 saturated heterocycles. The van der Waals surface area contributed by atoms with Gasteiger partial charge in [-0.3, -0.25) is 4.68 Å². The van der Waals surface area contributed by atoms with E-state index < -0.39 is 0 Å². The van der Waals surface area contributed by atoms with Crippen molar-refractivity contribution in [2.24, 2.45) is 0 Å². The van der Waals surface area contributed by atoms with Crippen molar-refractivity contribution in [1.29, 1.82) is 0 Å². The average Bonchev–Trinajstić information content (AvgIpc) is 3.48. The van der Waals surface area contributed by atoms with Gasteiger partial charge < -0.3 is 9.30 Å². The number of unbranched alkanes of at least 4 members (excludes halogenated alkanes) is 2. The van der Waals surface area contributed by atoms with E-state index in [0.717, 1.165) is 43.4 Å². The zero-order valence-corrected chi connectivity index (χ0v) is 18.0. The van der Waals surface area contributed by atoms with Gasteiger partial charge in [-0.05, 0) is 43.7 Å². The highest BCUT2D eigenvalue weighted by Gasteiger charge is 2.20. The van der Waals surface area contributed by atoms with Crippen LogP contribution < -0.4 is 0 Å². The quantitative estimate of drug-likeness (QED) is 0.340. The molecule has 3 aromatic rings. The highest BCUT2D eigenvalue weighted by Crippen LogP contribution is 2.28. The zero-order valence-electron chi connectivity index (χ0n) is 17.2. The van der Waals surface area contributed by atoms with E-state index in [2.05, 4.69) is 53.1 Å². The SMILES string of the molecule is Cc1cnn(CCCCCSc2ncc(-c3ccccc3)n2CC2CCCO2)c1. The molecule has 3 heterocycles. The Kier molecular flexibility index (Phi) is 7.06. The van der Waals surface area contributed by atoms with Crippen molar-refractivity contribution in [3.05, 3.63) is 54.5 Å². The van der Waals surface area contributed by atoms with E-state index in [0.29, 0.717) is 6.10 Å². The molecular formula is C23H30N4OS. The van der Waals surface area contributed by atoms with Crippen LogP contribution in [0.5, 0.6) is 0 Å². The summed E-state index contributed by atoms with van der Waals surface area (Å²) in [5, 5.41) is 5.47. The number of thioether (sulfide) groups is 1. The van der Waals surface area contributed by atoms with Gasteiger partial charge in [0.05, 0.1) is 30.7 Å². The predicted octanol–water partition coefficient (Wildman–Crippen LogP) is 5.20. The number of hydrogen-bond donors (Lipinski definition) is 0. The molecule has 0 N–H and O–H groups in total. The molecular weight excluding hydrogens is 380 g/mol. The van der Waals surface area contributed by atoms with Crippen LogP contribution in [0.15, 0.2) is 54.1 Å². The highest BCUT2D eigenvalue weighted by molar-refractivity contribution is 7.99. The minimum atomic E-state index is 0.309. The Balaban J connectivity index is 1.33. The molecule has 0 aliphatic carbocycles. The molecule has 29 heavy (non-hydrogen) atoms. The van der Waals surface area contributed by atoms with E-state index in [1.165, 1.54) is 36.1 Å². The first-order valence-electron chi connectivity index (χ1n) is 10.6. The second-order valence-electron chi connectivity index (χ2n) is 7.73. The maximum Gasteiger partial charge on any atom is 0.168 e. The summed E-state index contributed by atoms with van der Waals surface area (Å²) in [5.74, 6) is 1.09. The van der Waals surface area contributed by atoms with Crippen LogP contribution in [0.2, 0.25) is 0 Å². The number of ether oxygens (including phenoxy) is 1. The smallest absolute Gasteiger partial charge is 0.168 e. The van der Waals surface area contributed by atoms with Crippen LogP contribution in [0.25, 0.3) is 11.3 Å². The minimum absolute atomic E-state index is 0.309. The first-order valence-corrected chi connectivity index (χ1v) is 11.6. The fourth-order valence-electron chi connectivity index (χ4n) is 3.79. The third kappa shape index (κ3) is 5.52. The summed E-state index contributed by atoms with van der Waals surface area (Å²) in [7, 11) is 0. The second kappa shape index (κ2) is 10.1. The summed E-state index contributed by atoms with van der Waals surface area (Å²) in [6, 6.07) is 10.6. The predicted molar refractivity (Wildman–Crippen MR) is 118 cm³/mol. The summed E-state index contributed by atoms with van der Waals surface area (Å²) >= 11 is 1.87. The van der Waals surface area contributed by atoms with Gasteiger partial charge in [-0.1, -0.05) is 48.5 Å². The Morgan fingerprint density at radius 3 is 2.79 bits per heavy atom. The van der Waals surface area contributed by atoms with Crippen LogP contribution in [0.4, 0.5) is 0 Å². The van der Waals surface area contributed by atoms with Crippen LogP contribution in [0, 0.1) is 6.92 Å². The normalized spacial score (nSPS) is 16.5. The number of rotatable bonds is 10. The van der Waals surface area contributed by atoms with Gasteiger partial charge >= 0.3 is 0 Å². The first kappa shape index (κ1) is 20.2. The van der Waals surface area contributed by atoms with Gasteiger partial charge in [0.2, 0.25) is 0 Å². The fourth-order valence-corrected chi connectivity index (χ4v) is 4.77. The van der Waals surface area contributed by atoms with Gasteiger partial charge in [-0.2, -0.15) is 5.10 Å². The lowest BCUT2D eigenvalue weighted by molar-refractivity contribution is 0.0954. The lowest BCUT2D eigenvalue weighted by atomic mass is 10.1. The van der Waals surface area contributed by atoms with E-state index in [9.17, 15) is 0 Å². The van der Waals surface area contributed by atoms with Crippen molar-refractivity contribution >= 4 is 11.8 Å². The van der Waals surface area contributed by atoms with Crippen molar-refractivity contribution < 1.29 is 4.74 Å². The first-order chi connectivity index (χ1) is 14.3. The van der Waals surface area contributed by atoms with Crippen molar-refractivity contribution in [2.75, 3.05) is 12.4 Å². The van der Waals surface area contributed by atoms with Crippen LogP contribution in [0.3, 0.4) is 0 Å². The number of benzene rings is 1. The molecule has 0 spiro atoms. The Morgan fingerprint density at radius 1 is 1.14 bits per heavy atom. The molecule has 6 heteroatoms. The molecule has 2 aromatic heterocycles. The zero-order chi connectivity index (χ0) is 19.9. The molecule has 0 saturated carbocycles. The number of hydrogen-bond acceptors (Lipinski definition) is 4. The van der Waals surface area contributed by atoms with Gasteiger partial charge in [0.15, 0.2) is 5.16 Å². The van der Waals surface area contributed by atoms with Gasteiger partial charge in [0.25, 0.3) is 0 Å². The summed E-state index contributed by atoms with van der Waals surface area (Å²) < 4.78 is 10.3. The molecule has 1 aliphatic rings. The Bertz CT molecular complexity index is 883. The maximum absolute atomic E-state index is 5.91. The van der Waals surface area contributed by atoms with Crippen LogP contribution >= 0.6 is 11.8 Å². The van der Waals surface area contributed by atoms with Gasteiger partial charge in [-0.15, -0.1) is 0 Å². The molecule has 1 aliphatic heterocycles. The molecule has 0 bridgehead atoms. The van der Waals surface area contributed by atoms with Crippen molar-refractivity contribution in [2.45, 2.75) is 63.4 Å². The maximum atomic E-state index is 5.91. The van der Waals surface area contributed by atoms with Crippen molar-refractivity contribution in [1.82, 2.24) is 19.3 Å². The number of nitrogens with zero attached hydrogens (tertiary/aromatic N) is 4. The van der Waals surface area contributed by atoms with E-state index in [1.54, 1.807) is 0 Å². The van der Waals surface area contributed by atoms with E-state index >= 15 is 0 Å². The van der Waals surface area contributed by atoms with Gasteiger partial charge in [0.1, 0.15) is 0 Å². The molecule has 0 amide bonds. The van der Waals surface area contributed by atoms with Crippen LogP contribution in [0.1, 0.15) is 37.7 Å². The monoisotopic (exact) mass is 410 g/mol. The Labute approximate surface area is 177 Å². The molecule has 154 valence electrons. The van der Waals surface area contributed by atoms with Crippen molar-refractivity contribution in [3.8, 4) is 11.3 Å². The molecule has 1 atom stereocenters. The largest absolute Gasteiger partial charge is 0.376 e. The summed E-state index contributed by atoms with van der Waals surface area (Å²) in [6.45, 7) is 4.87. The van der Waals surface area contributed by atoms with Crippen LogP contribution in [-0.2, 0) is 17.8 Å². The number of aromatic nitrogens is 4. The van der Waals surface area contributed by atoms with E-state index in [-0.39, 0.29) is 0 Å². The lowest BCUT2D eigenvalue weighted by Crippen LogP contribution is -2.16. The molecule has 1 fully saturated rings. The van der Waals surface area contributed by atoms with Gasteiger partial charge in [0, 0.05) is 25.1 Å². The second-order valence-corrected chi connectivity index (χ2v) is 8.79. The molecule has 1 unspecified atom stereocenters. The fraction of sp³-hybridized carbons (Fsp3) is 0.478. The molecule has 0 radical (unpaired) electrons. The van der Waals surface area contributed by atoms with Crippen molar-refractivity contribution in [3.63, 3.8) is 0 Å². The van der Waals surface area contributed by atoms with E-state index in [4.69, 9.17) is 9.72 Å². The molecule has 1 aromatic carbocycles. The Hall–Kier alpha value is -2.05. The average molecular weight is 411 g/mol. The summed E-state index contributed by atoms with van der Waals surface area (Å²) in [4.78, 5) is 4.76. The topological polar surface area (TPSA) is 44.9 Å². The number of aryl methyl sites for hydroxylation is 2. The van der Waals surface area contributed by atoms with Crippen LogP contribution in [-0.4, -0.2) is 37.8 Å². The number of imidazole rings is 1. The highest BCUT2D eigenvalue weighted by atomic mass is 32.2.